The van der Waals surface area contributed by atoms with Gasteiger partial charge in [-0.2, -0.15) is 0 Å². The number of ether oxygens (including phenoxy) is 2. The molecule has 0 spiro atoms. The molecule has 0 aromatic carbocycles. The maximum atomic E-state index is 13.8. The van der Waals surface area contributed by atoms with E-state index in [1.54, 1.807) is 12.3 Å². The molecule has 1 atom stereocenters. The fourth-order valence-electron chi connectivity index (χ4n) is 3.53. The van der Waals surface area contributed by atoms with Crippen molar-refractivity contribution in [2.24, 2.45) is 4.99 Å². The lowest BCUT2D eigenvalue weighted by Crippen LogP contribution is -2.47. The van der Waals surface area contributed by atoms with Gasteiger partial charge in [-0.25, -0.2) is 9.38 Å². The molecule has 6 nitrogen and oxygen atoms in total. The summed E-state index contributed by atoms with van der Waals surface area (Å²) >= 11 is 0. The summed E-state index contributed by atoms with van der Waals surface area (Å²) in [7, 11) is 0. The molecule has 3 rings (SSSR count). The standard InChI is InChI=1S/C20H31FN4O2/c1-2-22-20(24-14-19-18(21)7-5-10-23-19)25-11-8-16(9-12-25)27-15-17-6-3-4-13-26-17/h5,7,10,16-17H,2-4,6,8-9,11-15H2,1H3,(H,22,24). The first kappa shape index (κ1) is 20.0. The van der Waals surface area contributed by atoms with Gasteiger partial charge in [0.05, 0.1) is 31.1 Å². The van der Waals surface area contributed by atoms with Crippen LogP contribution in [-0.2, 0) is 16.0 Å². The molecule has 1 aromatic rings. The van der Waals surface area contributed by atoms with E-state index >= 15 is 0 Å². The van der Waals surface area contributed by atoms with E-state index in [1.165, 1.54) is 18.9 Å². The maximum Gasteiger partial charge on any atom is 0.194 e. The SMILES string of the molecule is CCNC(=NCc1ncccc1F)N1CCC(OCC2CCCCO2)CC1. The van der Waals surface area contributed by atoms with Crippen LogP contribution in [0.15, 0.2) is 23.3 Å². The lowest BCUT2D eigenvalue weighted by molar-refractivity contribution is -0.0721. The average molecular weight is 378 g/mol. The number of guanidine groups is 1. The van der Waals surface area contributed by atoms with Crippen LogP contribution in [0.25, 0.3) is 0 Å². The third kappa shape index (κ3) is 6.14. The molecule has 3 heterocycles. The second-order valence-electron chi connectivity index (χ2n) is 7.11. The lowest BCUT2D eigenvalue weighted by Gasteiger charge is -2.35. The largest absolute Gasteiger partial charge is 0.376 e. The summed E-state index contributed by atoms with van der Waals surface area (Å²) in [5.74, 6) is 0.505. The molecule has 2 aliphatic heterocycles. The van der Waals surface area contributed by atoms with E-state index in [0.29, 0.717) is 12.3 Å². The fraction of sp³-hybridized carbons (Fsp3) is 0.700. The van der Waals surface area contributed by atoms with E-state index < -0.39 is 0 Å². The van der Waals surface area contributed by atoms with Crippen molar-refractivity contribution in [3.63, 3.8) is 0 Å². The summed E-state index contributed by atoms with van der Waals surface area (Å²) in [5, 5.41) is 3.31. The third-order valence-electron chi connectivity index (χ3n) is 5.08. The van der Waals surface area contributed by atoms with Crippen LogP contribution in [0.5, 0.6) is 0 Å². The molecule has 1 unspecified atom stereocenters. The van der Waals surface area contributed by atoms with Gasteiger partial charge in [0.25, 0.3) is 0 Å². The van der Waals surface area contributed by atoms with Gasteiger partial charge < -0.3 is 19.7 Å². The maximum absolute atomic E-state index is 13.8. The van der Waals surface area contributed by atoms with E-state index in [4.69, 9.17) is 9.47 Å². The fourth-order valence-corrected chi connectivity index (χ4v) is 3.53. The van der Waals surface area contributed by atoms with Crippen LogP contribution in [0.3, 0.4) is 0 Å². The van der Waals surface area contributed by atoms with Crippen molar-refractivity contribution in [2.45, 2.75) is 57.8 Å². The quantitative estimate of drug-likeness (QED) is 0.609. The first-order chi connectivity index (χ1) is 13.3. The van der Waals surface area contributed by atoms with Crippen molar-refractivity contribution in [2.75, 3.05) is 32.8 Å². The smallest absolute Gasteiger partial charge is 0.194 e. The van der Waals surface area contributed by atoms with Gasteiger partial charge in [0.2, 0.25) is 0 Å². The molecule has 1 N–H and O–H groups in total. The Labute approximate surface area is 161 Å². The Morgan fingerprint density at radius 3 is 2.93 bits per heavy atom. The van der Waals surface area contributed by atoms with Crippen LogP contribution in [0.2, 0.25) is 0 Å². The number of hydrogen-bond donors (Lipinski definition) is 1. The van der Waals surface area contributed by atoms with Crippen molar-refractivity contribution in [1.29, 1.82) is 0 Å². The van der Waals surface area contributed by atoms with E-state index in [0.717, 1.165) is 51.5 Å². The zero-order chi connectivity index (χ0) is 18.9. The molecule has 7 heteroatoms. The van der Waals surface area contributed by atoms with Gasteiger partial charge >= 0.3 is 0 Å². The van der Waals surface area contributed by atoms with Crippen LogP contribution >= 0.6 is 0 Å². The number of piperidine rings is 1. The summed E-state index contributed by atoms with van der Waals surface area (Å²) < 4.78 is 25.6. The van der Waals surface area contributed by atoms with Gasteiger partial charge in [0, 0.05) is 32.4 Å². The number of halogens is 1. The molecule has 2 aliphatic rings. The number of rotatable bonds is 6. The van der Waals surface area contributed by atoms with Crippen molar-refractivity contribution in [3.05, 3.63) is 29.8 Å². The van der Waals surface area contributed by atoms with Gasteiger partial charge in [-0.3, -0.25) is 4.98 Å². The van der Waals surface area contributed by atoms with Crippen LogP contribution < -0.4 is 5.32 Å². The highest BCUT2D eigenvalue weighted by Crippen LogP contribution is 2.18. The number of nitrogens with zero attached hydrogens (tertiary/aromatic N) is 3. The highest BCUT2D eigenvalue weighted by Gasteiger charge is 2.23. The number of nitrogens with one attached hydrogen (secondary N) is 1. The van der Waals surface area contributed by atoms with Gasteiger partial charge in [0.1, 0.15) is 5.82 Å². The zero-order valence-electron chi connectivity index (χ0n) is 16.2. The van der Waals surface area contributed by atoms with Gasteiger partial charge in [0.15, 0.2) is 5.96 Å². The molecular formula is C20H31FN4O2. The summed E-state index contributed by atoms with van der Waals surface area (Å²) in [4.78, 5) is 10.9. The Hall–Kier alpha value is -1.73. The molecule has 0 radical (unpaired) electrons. The second-order valence-corrected chi connectivity index (χ2v) is 7.11. The van der Waals surface area contributed by atoms with E-state index in [9.17, 15) is 4.39 Å². The molecular weight excluding hydrogens is 347 g/mol. The molecule has 1 aromatic heterocycles. The van der Waals surface area contributed by atoms with Crippen molar-refractivity contribution < 1.29 is 13.9 Å². The highest BCUT2D eigenvalue weighted by molar-refractivity contribution is 5.80. The predicted octanol–water partition coefficient (Wildman–Crippen LogP) is 2.74. The first-order valence-electron chi connectivity index (χ1n) is 10.1. The van der Waals surface area contributed by atoms with Crippen LogP contribution in [0.4, 0.5) is 4.39 Å². The average Bonchev–Trinajstić information content (AvgIpc) is 2.72. The van der Waals surface area contributed by atoms with Gasteiger partial charge in [-0.1, -0.05) is 0 Å². The Kier molecular flexibility index (Phi) is 7.83. The van der Waals surface area contributed by atoms with Gasteiger partial charge in [-0.05, 0) is 51.2 Å². The monoisotopic (exact) mass is 378 g/mol. The number of aromatic nitrogens is 1. The molecule has 0 aliphatic carbocycles. The Balaban J connectivity index is 1.47. The number of aliphatic imine (C=N–C) groups is 1. The predicted molar refractivity (Wildman–Crippen MR) is 103 cm³/mol. The molecule has 27 heavy (non-hydrogen) atoms. The zero-order valence-corrected chi connectivity index (χ0v) is 16.2. The summed E-state index contributed by atoms with van der Waals surface area (Å²) in [6.45, 7) is 6.39. The van der Waals surface area contributed by atoms with E-state index in [1.807, 2.05) is 6.92 Å². The van der Waals surface area contributed by atoms with Crippen molar-refractivity contribution in [1.82, 2.24) is 15.2 Å². The van der Waals surface area contributed by atoms with Crippen molar-refractivity contribution in [3.8, 4) is 0 Å². The molecule has 0 saturated carbocycles. The van der Waals surface area contributed by atoms with Crippen molar-refractivity contribution >= 4 is 5.96 Å². The normalized spacial score (nSPS) is 22.1. The Morgan fingerprint density at radius 1 is 1.37 bits per heavy atom. The lowest BCUT2D eigenvalue weighted by atomic mass is 10.1. The molecule has 0 bridgehead atoms. The van der Waals surface area contributed by atoms with Crippen LogP contribution in [-0.4, -0.2) is 60.9 Å². The minimum absolute atomic E-state index is 0.241. The Morgan fingerprint density at radius 2 is 2.22 bits per heavy atom. The number of hydrogen-bond acceptors (Lipinski definition) is 4. The topological polar surface area (TPSA) is 59.0 Å². The second kappa shape index (κ2) is 10.6. The van der Waals surface area contributed by atoms with Gasteiger partial charge in [-0.15, -0.1) is 0 Å². The van der Waals surface area contributed by atoms with E-state index in [2.05, 4.69) is 20.2 Å². The minimum atomic E-state index is -0.311. The number of pyridine rings is 1. The summed E-state index contributed by atoms with van der Waals surface area (Å²) in [5.41, 5.74) is 0.374. The van der Waals surface area contributed by atoms with Crippen LogP contribution in [0.1, 0.15) is 44.7 Å². The molecule has 2 saturated heterocycles. The van der Waals surface area contributed by atoms with E-state index in [-0.39, 0.29) is 24.6 Å². The molecule has 0 amide bonds. The third-order valence-corrected chi connectivity index (χ3v) is 5.08. The Bertz CT molecular complexity index is 599. The molecule has 150 valence electrons. The summed E-state index contributed by atoms with van der Waals surface area (Å²) in [6, 6.07) is 3.01. The molecule has 2 fully saturated rings. The first-order valence-corrected chi connectivity index (χ1v) is 10.1. The number of likely N-dealkylation sites (tertiary alicyclic amines) is 1. The highest BCUT2D eigenvalue weighted by atomic mass is 19.1. The summed E-state index contributed by atoms with van der Waals surface area (Å²) in [6.07, 6.45) is 7.60. The minimum Gasteiger partial charge on any atom is -0.376 e. The van der Waals surface area contributed by atoms with Crippen LogP contribution in [0, 0.1) is 5.82 Å².